The summed E-state index contributed by atoms with van der Waals surface area (Å²) in [7, 11) is 0. The fourth-order valence-corrected chi connectivity index (χ4v) is 1.35. The van der Waals surface area contributed by atoms with Crippen LogP contribution in [0.4, 0.5) is 5.95 Å². The van der Waals surface area contributed by atoms with E-state index in [-0.39, 0.29) is 5.91 Å². The fourth-order valence-electron chi connectivity index (χ4n) is 1.35. The molecule has 1 heterocycles. The van der Waals surface area contributed by atoms with Gasteiger partial charge in [-0.1, -0.05) is 30.3 Å². The number of H-pyrrole nitrogens is 1. The molecule has 0 aliphatic heterocycles. The molecule has 0 bridgehead atoms. The summed E-state index contributed by atoms with van der Waals surface area (Å²) in [5.41, 5.74) is 0.965. The number of carbonyl (C=O) groups excluding carboxylic acids is 1. The number of anilines is 1. The normalized spacial score (nSPS) is 10.1. The molecule has 0 atom stereocenters. The van der Waals surface area contributed by atoms with E-state index in [1.54, 1.807) is 6.92 Å². The second kappa shape index (κ2) is 4.57. The number of rotatable bonds is 3. The Balaban J connectivity index is 1.95. The molecule has 2 rings (SSSR count). The molecule has 0 radical (unpaired) electrons. The van der Waals surface area contributed by atoms with Crippen LogP contribution in [0.5, 0.6) is 0 Å². The number of nitrogens with zero attached hydrogens (tertiary/aromatic N) is 2. The van der Waals surface area contributed by atoms with Gasteiger partial charge < -0.3 is 0 Å². The lowest BCUT2D eigenvalue weighted by molar-refractivity contribution is -0.115. The Hall–Kier alpha value is -2.17. The summed E-state index contributed by atoms with van der Waals surface area (Å²) < 4.78 is 0. The van der Waals surface area contributed by atoms with Crippen molar-refractivity contribution >= 4 is 11.9 Å². The Bertz CT molecular complexity index is 478. The van der Waals surface area contributed by atoms with Gasteiger partial charge in [-0.15, -0.1) is 5.10 Å². The molecule has 0 aliphatic carbocycles. The highest BCUT2D eigenvalue weighted by Crippen LogP contribution is 2.02. The predicted molar refractivity (Wildman–Crippen MR) is 59.9 cm³/mol. The van der Waals surface area contributed by atoms with Crippen molar-refractivity contribution in [2.75, 3.05) is 5.32 Å². The summed E-state index contributed by atoms with van der Waals surface area (Å²) in [6.07, 6.45) is 0.328. The van der Waals surface area contributed by atoms with Crippen LogP contribution in [0.1, 0.15) is 11.4 Å². The first-order chi connectivity index (χ1) is 7.74. The lowest BCUT2D eigenvalue weighted by Crippen LogP contribution is -2.15. The first-order valence-electron chi connectivity index (χ1n) is 4.97. The number of aryl methyl sites for hydroxylation is 1. The predicted octanol–water partition coefficient (Wildman–Crippen LogP) is 1.29. The smallest absolute Gasteiger partial charge is 0.248 e. The molecule has 0 fully saturated rings. The summed E-state index contributed by atoms with van der Waals surface area (Å²) >= 11 is 0. The van der Waals surface area contributed by atoms with Crippen LogP contribution < -0.4 is 5.32 Å². The zero-order chi connectivity index (χ0) is 11.4. The molecule has 2 aromatic rings. The zero-order valence-corrected chi connectivity index (χ0v) is 8.90. The minimum absolute atomic E-state index is 0.120. The van der Waals surface area contributed by atoms with Crippen molar-refractivity contribution in [1.29, 1.82) is 0 Å². The summed E-state index contributed by atoms with van der Waals surface area (Å²) in [6, 6.07) is 9.53. The Morgan fingerprint density at radius 1 is 1.38 bits per heavy atom. The molecule has 1 amide bonds. The van der Waals surface area contributed by atoms with Crippen LogP contribution in [-0.2, 0) is 11.2 Å². The first kappa shape index (κ1) is 10.4. The van der Waals surface area contributed by atoms with Gasteiger partial charge >= 0.3 is 0 Å². The third-order valence-corrected chi connectivity index (χ3v) is 2.06. The lowest BCUT2D eigenvalue weighted by atomic mass is 10.1. The Morgan fingerprint density at radius 3 is 2.75 bits per heavy atom. The number of aromatic amines is 1. The molecule has 2 N–H and O–H groups in total. The van der Waals surface area contributed by atoms with Gasteiger partial charge in [0.25, 0.3) is 0 Å². The maximum absolute atomic E-state index is 11.6. The second-order valence-corrected chi connectivity index (χ2v) is 3.45. The van der Waals surface area contributed by atoms with Gasteiger partial charge in [-0.05, 0) is 12.5 Å². The Labute approximate surface area is 92.9 Å². The van der Waals surface area contributed by atoms with Crippen molar-refractivity contribution in [3.63, 3.8) is 0 Å². The molecule has 0 saturated carbocycles. The average molecular weight is 216 g/mol. The van der Waals surface area contributed by atoms with Gasteiger partial charge in [-0.3, -0.25) is 15.2 Å². The van der Waals surface area contributed by atoms with Crippen LogP contribution in [0.2, 0.25) is 0 Å². The van der Waals surface area contributed by atoms with Gasteiger partial charge in [0, 0.05) is 0 Å². The molecular formula is C11H12N4O. The van der Waals surface area contributed by atoms with Crippen molar-refractivity contribution in [3.05, 3.63) is 41.7 Å². The van der Waals surface area contributed by atoms with Gasteiger partial charge in [0.05, 0.1) is 6.42 Å². The second-order valence-electron chi connectivity index (χ2n) is 3.45. The van der Waals surface area contributed by atoms with Gasteiger partial charge in [-0.2, -0.15) is 4.98 Å². The van der Waals surface area contributed by atoms with Crippen molar-refractivity contribution < 1.29 is 4.79 Å². The topological polar surface area (TPSA) is 70.7 Å². The molecule has 1 aromatic carbocycles. The Morgan fingerprint density at radius 2 is 2.12 bits per heavy atom. The maximum Gasteiger partial charge on any atom is 0.248 e. The van der Waals surface area contributed by atoms with E-state index in [9.17, 15) is 4.79 Å². The standard InChI is InChI=1S/C11H12N4O/c1-8-12-11(15-14-8)13-10(16)7-9-5-3-2-4-6-9/h2-6H,7H2,1H3,(H2,12,13,14,15,16). The van der Waals surface area contributed by atoms with Crippen LogP contribution in [0, 0.1) is 6.92 Å². The molecule has 0 spiro atoms. The highest BCUT2D eigenvalue weighted by Gasteiger charge is 2.06. The lowest BCUT2D eigenvalue weighted by Gasteiger charge is -2.00. The summed E-state index contributed by atoms with van der Waals surface area (Å²) in [5, 5.41) is 9.11. The number of hydrogen-bond acceptors (Lipinski definition) is 3. The fraction of sp³-hybridized carbons (Fsp3) is 0.182. The molecule has 5 heteroatoms. The van der Waals surface area contributed by atoms with E-state index in [2.05, 4.69) is 20.5 Å². The SMILES string of the molecule is Cc1nc(NC(=O)Cc2ccccc2)n[nH]1. The minimum atomic E-state index is -0.120. The number of hydrogen-bond donors (Lipinski definition) is 2. The third-order valence-electron chi connectivity index (χ3n) is 2.06. The quantitative estimate of drug-likeness (QED) is 0.812. The monoisotopic (exact) mass is 216 g/mol. The van der Waals surface area contributed by atoms with Crippen molar-refractivity contribution in [3.8, 4) is 0 Å². The molecule has 0 saturated heterocycles. The minimum Gasteiger partial charge on any atom is -0.293 e. The number of carbonyl (C=O) groups is 1. The van der Waals surface area contributed by atoms with Crippen LogP contribution in [0.25, 0.3) is 0 Å². The number of benzene rings is 1. The van der Waals surface area contributed by atoms with Crippen LogP contribution >= 0.6 is 0 Å². The van der Waals surface area contributed by atoms with Crippen LogP contribution in [-0.4, -0.2) is 21.1 Å². The van der Waals surface area contributed by atoms with Crippen LogP contribution in [0.15, 0.2) is 30.3 Å². The van der Waals surface area contributed by atoms with E-state index in [4.69, 9.17) is 0 Å². The van der Waals surface area contributed by atoms with Gasteiger partial charge in [-0.25, -0.2) is 0 Å². The molecule has 5 nitrogen and oxygen atoms in total. The molecule has 0 aliphatic rings. The van der Waals surface area contributed by atoms with Gasteiger partial charge in [0.1, 0.15) is 5.82 Å². The highest BCUT2D eigenvalue weighted by molar-refractivity contribution is 5.90. The van der Waals surface area contributed by atoms with E-state index in [1.165, 1.54) is 0 Å². The van der Waals surface area contributed by atoms with E-state index in [0.29, 0.717) is 18.2 Å². The first-order valence-corrected chi connectivity index (χ1v) is 4.97. The number of aromatic nitrogens is 3. The molecule has 16 heavy (non-hydrogen) atoms. The summed E-state index contributed by atoms with van der Waals surface area (Å²) in [5.74, 6) is 0.874. The number of nitrogens with one attached hydrogen (secondary N) is 2. The zero-order valence-electron chi connectivity index (χ0n) is 8.90. The summed E-state index contributed by atoms with van der Waals surface area (Å²) in [4.78, 5) is 15.6. The average Bonchev–Trinajstić information content (AvgIpc) is 2.65. The van der Waals surface area contributed by atoms with Crippen molar-refractivity contribution in [2.24, 2.45) is 0 Å². The van der Waals surface area contributed by atoms with Crippen molar-refractivity contribution in [2.45, 2.75) is 13.3 Å². The molecule has 0 unspecified atom stereocenters. The van der Waals surface area contributed by atoms with E-state index in [1.807, 2.05) is 30.3 Å². The largest absolute Gasteiger partial charge is 0.293 e. The Kier molecular flexibility index (Phi) is 2.95. The molecule has 1 aromatic heterocycles. The van der Waals surface area contributed by atoms with E-state index >= 15 is 0 Å². The highest BCUT2D eigenvalue weighted by atomic mass is 16.1. The summed E-state index contributed by atoms with van der Waals surface area (Å²) in [6.45, 7) is 1.78. The van der Waals surface area contributed by atoms with Crippen molar-refractivity contribution in [1.82, 2.24) is 15.2 Å². The van der Waals surface area contributed by atoms with E-state index < -0.39 is 0 Å². The number of amides is 1. The third kappa shape index (κ3) is 2.66. The molecular weight excluding hydrogens is 204 g/mol. The van der Waals surface area contributed by atoms with E-state index in [0.717, 1.165) is 5.56 Å². The van der Waals surface area contributed by atoms with Crippen LogP contribution in [0.3, 0.4) is 0 Å². The van der Waals surface area contributed by atoms with Gasteiger partial charge in [0.15, 0.2) is 0 Å². The van der Waals surface area contributed by atoms with Gasteiger partial charge in [0.2, 0.25) is 11.9 Å². The molecule has 82 valence electrons. The maximum atomic E-state index is 11.6.